The highest BCUT2D eigenvalue weighted by atomic mass is 15.3. The molecule has 2 fully saturated rings. The molecule has 2 saturated heterocycles. The number of benzene rings is 2. The van der Waals surface area contributed by atoms with E-state index in [1.54, 1.807) is 0 Å². The molecular formula is C49H43N13. The van der Waals surface area contributed by atoms with Crippen LogP contribution < -0.4 is 15.1 Å². The number of piperidine rings is 1. The molecule has 13 nitrogen and oxygen atoms in total. The van der Waals surface area contributed by atoms with Crippen molar-refractivity contribution in [2.75, 3.05) is 49.1 Å². The van der Waals surface area contributed by atoms with Crippen molar-refractivity contribution in [1.29, 1.82) is 0 Å². The maximum Gasteiger partial charge on any atom is 0.162 e. The zero-order valence-electron chi connectivity index (χ0n) is 34.1. The molecule has 62 heavy (non-hydrogen) atoms. The van der Waals surface area contributed by atoms with Gasteiger partial charge in [0, 0.05) is 133 Å². The van der Waals surface area contributed by atoms with Crippen LogP contribution in [0.5, 0.6) is 0 Å². The summed E-state index contributed by atoms with van der Waals surface area (Å²) < 4.78 is 3.68. The monoisotopic (exact) mass is 813 g/mol. The molecule has 0 atom stereocenters. The Balaban J connectivity index is 0.000000139. The minimum atomic E-state index is 0.825. The number of hydrogen-bond donors (Lipinski definition) is 1. The molecule has 10 aromatic rings. The van der Waals surface area contributed by atoms with Gasteiger partial charge < -0.3 is 15.1 Å². The van der Waals surface area contributed by atoms with E-state index in [2.05, 4.69) is 76.7 Å². The SMILES string of the molecule is c1ccc2c(-c3cnn4cc(-c5ccc(N6CCCCC6)nc5)cnc34)ccnc2c1.c1ccc2c(-c3cnn4cc(-c5ccc(N6CCNCC6)nc5)cnc34)ccnc2c1. The standard InChI is InChI=1S/C25H22N6.C24H21N7/c1-4-12-30(13-5-1)24-9-8-18(14-27-24)19-15-28-25-22(16-29-31(25)17-19)20-10-11-26-23-7-3-2-6-21(20)23;1-2-4-22-20(3-1)19(7-8-26-22)21-15-29-31-16-18(14-28-24(21)31)17-5-6-23(27-13-17)30-11-9-25-10-12-30/h2-3,6-11,14-17H,1,4-5,12-13H2;1-8,13-16,25H,9-12H2. The highest BCUT2D eigenvalue weighted by molar-refractivity contribution is 5.98. The first-order valence-corrected chi connectivity index (χ1v) is 21.2. The Morgan fingerprint density at radius 3 is 1.39 bits per heavy atom. The number of nitrogens with zero attached hydrogens (tertiary/aromatic N) is 12. The van der Waals surface area contributed by atoms with Gasteiger partial charge in [0.25, 0.3) is 0 Å². The minimum absolute atomic E-state index is 0.825. The van der Waals surface area contributed by atoms with Crippen LogP contribution in [0.1, 0.15) is 19.3 Å². The molecule has 12 rings (SSSR count). The molecule has 0 saturated carbocycles. The van der Waals surface area contributed by atoms with Gasteiger partial charge in [0.15, 0.2) is 11.3 Å². The van der Waals surface area contributed by atoms with Gasteiger partial charge in [-0.25, -0.2) is 29.0 Å². The summed E-state index contributed by atoms with van der Waals surface area (Å²) in [5.74, 6) is 2.08. The van der Waals surface area contributed by atoms with Crippen molar-refractivity contribution in [3.63, 3.8) is 0 Å². The Labute approximate surface area is 357 Å². The summed E-state index contributed by atoms with van der Waals surface area (Å²) in [6.07, 6.45) is 22.9. The van der Waals surface area contributed by atoms with E-state index < -0.39 is 0 Å². The quantitative estimate of drug-likeness (QED) is 0.174. The van der Waals surface area contributed by atoms with E-state index in [0.29, 0.717) is 0 Å². The van der Waals surface area contributed by atoms with E-state index in [9.17, 15) is 0 Å². The van der Waals surface area contributed by atoms with Crippen LogP contribution in [0.2, 0.25) is 0 Å². The number of pyridine rings is 4. The second-order valence-corrected chi connectivity index (χ2v) is 15.7. The van der Waals surface area contributed by atoms with Crippen LogP contribution >= 0.6 is 0 Å². The van der Waals surface area contributed by atoms with E-state index in [1.165, 1.54) is 19.3 Å². The Hall–Kier alpha value is -7.64. The van der Waals surface area contributed by atoms with Crippen molar-refractivity contribution >= 4 is 44.7 Å². The van der Waals surface area contributed by atoms with Gasteiger partial charge in [0.2, 0.25) is 0 Å². The summed E-state index contributed by atoms with van der Waals surface area (Å²) in [4.78, 5) is 32.5. The normalized spacial score (nSPS) is 14.4. The summed E-state index contributed by atoms with van der Waals surface area (Å²) in [6.45, 7) is 6.16. The van der Waals surface area contributed by atoms with Gasteiger partial charge >= 0.3 is 0 Å². The molecule has 2 aromatic carbocycles. The van der Waals surface area contributed by atoms with Crippen LogP contribution in [0.3, 0.4) is 0 Å². The number of aromatic nitrogens is 10. The van der Waals surface area contributed by atoms with Crippen LogP contribution in [0.15, 0.2) is 147 Å². The molecule has 0 aliphatic carbocycles. The fraction of sp³-hybridized carbons (Fsp3) is 0.184. The molecular weight excluding hydrogens is 771 g/mol. The number of para-hydroxylation sites is 2. The second kappa shape index (κ2) is 16.4. The van der Waals surface area contributed by atoms with Crippen molar-refractivity contribution in [3.8, 4) is 44.5 Å². The van der Waals surface area contributed by atoms with Gasteiger partial charge in [0.1, 0.15) is 11.6 Å². The first-order valence-electron chi connectivity index (χ1n) is 21.2. The lowest BCUT2D eigenvalue weighted by atomic mass is 10.0. The van der Waals surface area contributed by atoms with Gasteiger partial charge in [-0.3, -0.25) is 9.97 Å². The van der Waals surface area contributed by atoms with Crippen molar-refractivity contribution in [2.24, 2.45) is 0 Å². The van der Waals surface area contributed by atoms with Crippen LogP contribution in [-0.4, -0.2) is 88.4 Å². The molecule has 1 N–H and O–H groups in total. The Kier molecular flexibility index (Phi) is 9.90. The van der Waals surface area contributed by atoms with Gasteiger partial charge in [0.05, 0.1) is 23.4 Å². The number of rotatable bonds is 6. The van der Waals surface area contributed by atoms with Crippen molar-refractivity contribution in [2.45, 2.75) is 19.3 Å². The maximum atomic E-state index is 4.75. The second-order valence-electron chi connectivity index (χ2n) is 15.7. The smallest absolute Gasteiger partial charge is 0.162 e. The average Bonchev–Trinajstić information content (AvgIpc) is 3.98. The molecule has 0 bridgehead atoms. The predicted octanol–water partition coefficient (Wildman–Crippen LogP) is 8.41. The maximum absolute atomic E-state index is 4.75. The molecule has 0 radical (unpaired) electrons. The third kappa shape index (κ3) is 7.21. The fourth-order valence-electron chi connectivity index (χ4n) is 8.59. The predicted molar refractivity (Wildman–Crippen MR) is 245 cm³/mol. The van der Waals surface area contributed by atoms with Gasteiger partial charge in [-0.1, -0.05) is 36.4 Å². The lowest BCUT2D eigenvalue weighted by Gasteiger charge is -2.28. The third-order valence-corrected chi connectivity index (χ3v) is 11.9. The van der Waals surface area contributed by atoms with E-state index in [1.807, 2.05) is 120 Å². The highest BCUT2D eigenvalue weighted by Crippen LogP contribution is 2.33. The van der Waals surface area contributed by atoms with Gasteiger partial charge in [-0.05, 0) is 78.9 Å². The highest BCUT2D eigenvalue weighted by Gasteiger charge is 2.17. The molecule has 2 aliphatic heterocycles. The first-order chi connectivity index (χ1) is 30.7. The third-order valence-electron chi connectivity index (χ3n) is 11.9. The summed E-state index contributed by atoms with van der Waals surface area (Å²) in [6, 6.07) is 28.8. The molecule has 13 heteroatoms. The summed E-state index contributed by atoms with van der Waals surface area (Å²) >= 11 is 0. The van der Waals surface area contributed by atoms with Crippen molar-refractivity contribution < 1.29 is 0 Å². The molecule has 0 spiro atoms. The number of piperazine rings is 1. The van der Waals surface area contributed by atoms with Crippen LogP contribution in [0.25, 0.3) is 77.6 Å². The van der Waals surface area contributed by atoms with E-state index in [4.69, 9.17) is 15.0 Å². The Morgan fingerprint density at radius 2 is 0.887 bits per heavy atom. The topological polar surface area (TPSA) is 130 Å². The lowest BCUT2D eigenvalue weighted by Crippen LogP contribution is -2.43. The molecule has 8 aromatic heterocycles. The lowest BCUT2D eigenvalue weighted by molar-refractivity contribution is 0.573. The summed E-state index contributed by atoms with van der Waals surface area (Å²) in [5, 5.41) is 14.7. The molecule has 10 heterocycles. The summed E-state index contributed by atoms with van der Waals surface area (Å²) in [5.41, 5.74) is 11.8. The van der Waals surface area contributed by atoms with E-state index >= 15 is 0 Å². The molecule has 304 valence electrons. The zero-order chi connectivity index (χ0) is 41.2. The van der Waals surface area contributed by atoms with Crippen molar-refractivity contribution in [1.82, 2.24) is 54.4 Å². The first kappa shape index (κ1) is 37.4. The van der Waals surface area contributed by atoms with Gasteiger partial charge in [-0.15, -0.1) is 0 Å². The molecule has 0 unspecified atom stereocenters. The average molecular weight is 814 g/mol. The van der Waals surface area contributed by atoms with Crippen LogP contribution in [0.4, 0.5) is 11.6 Å². The largest absolute Gasteiger partial charge is 0.357 e. The van der Waals surface area contributed by atoms with Crippen LogP contribution in [-0.2, 0) is 0 Å². The molecule has 2 aliphatic rings. The van der Waals surface area contributed by atoms with Crippen LogP contribution in [0, 0.1) is 0 Å². The van der Waals surface area contributed by atoms with Gasteiger partial charge in [-0.2, -0.15) is 10.2 Å². The Morgan fingerprint density at radius 1 is 0.403 bits per heavy atom. The number of anilines is 2. The number of hydrogen-bond acceptors (Lipinski definition) is 11. The van der Waals surface area contributed by atoms with E-state index in [0.717, 1.165) is 129 Å². The number of fused-ring (bicyclic) bond motifs is 4. The molecule has 0 amide bonds. The zero-order valence-corrected chi connectivity index (χ0v) is 34.1. The minimum Gasteiger partial charge on any atom is -0.357 e. The number of nitrogens with one attached hydrogen (secondary N) is 1. The van der Waals surface area contributed by atoms with E-state index in [-0.39, 0.29) is 0 Å². The van der Waals surface area contributed by atoms with Crippen molar-refractivity contribution in [3.05, 3.63) is 147 Å². The fourth-order valence-corrected chi connectivity index (χ4v) is 8.59. The Bertz CT molecular complexity index is 2940. The summed E-state index contributed by atoms with van der Waals surface area (Å²) in [7, 11) is 0.